The van der Waals surface area contributed by atoms with Gasteiger partial charge in [-0.3, -0.25) is 5.43 Å². The Hall–Kier alpha value is -2.92. The quantitative estimate of drug-likeness (QED) is 0.421. The summed E-state index contributed by atoms with van der Waals surface area (Å²) in [7, 11) is 0. The normalized spacial score (nSPS) is 11.1. The number of rotatable bonds is 4. The number of halogens is 1. The second-order valence-electron chi connectivity index (χ2n) is 5.32. The van der Waals surface area contributed by atoms with Crippen LogP contribution in [0.25, 0.3) is 10.9 Å². The van der Waals surface area contributed by atoms with E-state index in [2.05, 4.69) is 15.5 Å². The molecule has 0 aliphatic carbocycles. The van der Waals surface area contributed by atoms with Gasteiger partial charge in [0.05, 0.1) is 23.0 Å². The number of aryl methyl sites for hydroxylation is 1. The van der Waals surface area contributed by atoms with Gasteiger partial charge in [0.2, 0.25) is 0 Å². The van der Waals surface area contributed by atoms with Gasteiger partial charge in [0, 0.05) is 10.9 Å². The van der Waals surface area contributed by atoms with Crippen molar-refractivity contribution in [3.8, 4) is 0 Å². The number of anilines is 1. The number of pyridine rings is 1. The van der Waals surface area contributed by atoms with E-state index in [0.717, 1.165) is 16.5 Å². The SMILES string of the molecule is Cc1ccc2cc(/C=N/Nc3cccc(C(=O)O)c3)c(Cl)nc2c1. The molecular weight excluding hydrogens is 326 g/mol. The molecular formula is C18H14ClN3O2. The van der Waals surface area contributed by atoms with Gasteiger partial charge in [0.25, 0.3) is 0 Å². The summed E-state index contributed by atoms with van der Waals surface area (Å²) < 4.78 is 0. The Morgan fingerprint density at radius 3 is 2.88 bits per heavy atom. The van der Waals surface area contributed by atoms with Crippen LogP contribution in [0, 0.1) is 6.92 Å². The maximum atomic E-state index is 10.9. The first-order valence-corrected chi connectivity index (χ1v) is 7.60. The number of nitrogens with zero attached hydrogens (tertiary/aromatic N) is 2. The van der Waals surface area contributed by atoms with E-state index in [-0.39, 0.29) is 5.56 Å². The molecule has 24 heavy (non-hydrogen) atoms. The molecule has 0 bridgehead atoms. The lowest BCUT2D eigenvalue weighted by Crippen LogP contribution is -1.98. The van der Waals surface area contributed by atoms with Crippen molar-refractivity contribution >= 4 is 40.4 Å². The first-order valence-electron chi connectivity index (χ1n) is 7.22. The summed E-state index contributed by atoms with van der Waals surface area (Å²) in [4.78, 5) is 15.3. The minimum absolute atomic E-state index is 0.191. The van der Waals surface area contributed by atoms with E-state index < -0.39 is 5.97 Å². The first kappa shape index (κ1) is 16.0. The number of hydrogen-bond acceptors (Lipinski definition) is 4. The third kappa shape index (κ3) is 3.52. The maximum absolute atomic E-state index is 10.9. The van der Waals surface area contributed by atoms with Gasteiger partial charge in [-0.1, -0.05) is 29.8 Å². The third-order valence-electron chi connectivity index (χ3n) is 3.46. The summed E-state index contributed by atoms with van der Waals surface area (Å²) in [6.45, 7) is 2.00. The third-order valence-corrected chi connectivity index (χ3v) is 3.76. The number of fused-ring (bicyclic) bond motifs is 1. The largest absolute Gasteiger partial charge is 0.478 e. The van der Waals surface area contributed by atoms with Crippen molar-refractivity contribution in [1.82, 2.24) is 4.98 Å². The number of carboxylic acids is 1. The first-order chi connectivity index (χ1) is 11.5. The fourth-order valence-corrected chi connectivity index (χ4v) is 2.45. The van der Waals surface area contributed by atoms with Crippen molar-refractivity contribution in [2.24, 2.45) is 5.10 Å². The molecule has 0 aliphatic heterocycles. The highest BCUT2D eigenvalue weighted by Gasteiger charge is 2.04. The number of carboxylic acid groups (broad SMARTS) is 1. The molecule has 1 heterocycles. The average Bonchev–Trinajstić information content (AvgIpc) is 2.55. The fourth-order valence-electron chi connectivity index (χ4n) is 2.26. The molecule has 3 aromatic rings. The average molecular weight is 340 g/mol. The summed E-state index contributed by atoms with van der Waals surface area (Å²) >= 11 is 6.20. The molecule has 2 aromatic carbocycles. The van der Waals surface area contributed by atoms with Gasteiger partial charge in [-0.25, -0.2) is 9.78 Å². The minimum atomic E-state index is -0.986. The molecule has 0 radical (unpaired) electrons. The summed E-state index contributed by atoms with van der Waals surface area (Å²) in [6.07, 6.45) is 1.56. The van der Waals surface area contributed by atoms with E-state index in [4.69, 9.17) is 16.7 Å². The van der Waals surface area contributed by atoms with Crippen LogP contribution in [0.2, 0.25) is 5.15 Å². The van der Waals surface area contributed by atoms with Gasteiger partial charge < -0.3 is 5.11 Å². The minimum Gasteiger partial charge on any atom is -0.478 e. The molecule has 6 heteroatoms. The van der Waals surface area contributed by atoms with Crippen LogP contribution in [0.3, 0.4) is 0 Å². The molecule has 3 rings (SSSR count). The van der Waals surface area contributed by atoms with Crippen LogP contribution in [0.15, 0.2) is 53.6 Å². The highest BCUT2D eigenvalue weighted by molar-refractivity contribution is 6.32. The van der Waals surface area contributed by atoms with Crippen molar-refractivity contribution in [1.29, 1.82) is 0 Å². The van der Waals surface area contributed by atoms with Gasteiger partial charge in [-0.2, -0.15) is 5.10 Å². The number of hydrazone groups is 1. The van der Waals surface area contributed by atoms with E-state index in [9.17, 15) is 4.79 Å². The van der Waals surface area contributed by atoms with Crippen LogP contribution in [-0.2, 0) is 0 Å². The molecule has 0 saturated carbocycles. The van der Waals surface area contributed by atoms with Crippen LogP contribution in [0.4, 0.5) is 5.69 Å². The lowest BCUT2D eigenvalue weighted by Gasteiger charge is -2.04. The van der Waals surface area contributed by atoms with Crippen molar-refractivity contribution in [3.05, 3.63) is 70.4 Å². The van der Waals surface area contributed by atoms with Crippen LogP contribution < -0.4 is 5.43 Å². The number of hydrogen-bond donors (Lipinski definition) is 2. The van der Waals surface area contributed by atoms with Crippen molar-refractivity contribution in [2.75, 3.05) is 5.43 Å². The molecule has 0 atom stereocenters. The number of aromatic carboxylic acids is 1. The van der Waals surface area contributed by atoms with Crippen molar-refractivity contribution < 1.29 is 9.90 Å². The summed E-state index contributed by atoms with van der Waals surface area (Å²) in [5, 5.41) is 14.4. The van der Waals surface area contributed by atoms with Gasteiger partial charge >= 0.3 is 5.97 Å². The monoisotopic (exact) mass is 339 g/mol. The summed E-state index contributed by atoms with van der Waals surface area (Å²) in [6, 6.07) is 14.3. The molecule has 5 nitrogen and oxygen atoms in total. The molecule has 0 fully saturated rings. The standard InChI is InChI=1S/C18H14ClN3O2/c1-11-5-6-12-8-14(17(19)21-16(12)7-11)10-20-22-15-4-2-3-13(9-15)18(23)24/h2-10,22H,1H3,(H,23,24)/b20-10+. The Morgan fingerprint density at radius 1 is 1.25 bits per heavy atom. The van der Waals surface area contributed by atoms with Crippen LogP contribution in [0.1, 0.15) is 21.5 Å². The molecule has 0 spiro atoms. The van der Waals surface area contributed by atoms with E-state index in [1.807, 2.05) is 31.2 Å². The van der Waals surface area contributed by atoms with E-state index >= 15 is 0 Å². The van der Waals surface area contributed by atoms with E-state index in [0.29, 0.717) is 16.4 Å². The Labute approximate surface area is 143 Å². The highest BCUT2D eigenvalue weighted by atomic mass is 35.5. The second kappa shape index (κ2) is 6.68. The topological polar surface area (TPSA) is 74.6 Å². The Morgan fingerprint density at radius 2 is 2.08 bits per heavy atom. The second-order valence-corrected chi connectivity index (χ2v) is 5.68. The number of carbonyl (C=O) groups is 1. The zero-order valence-electron chi connectivity index (χ0n) is 12.8. The number of benzene rings is 2. The summed E-state index contributed by atoms with van der Waals surface area (Å²) in [5.74, 6) is -0.986. The van der Waals surface area contributed by atoms with Gasteiger partial charge in [0.1, 0.15) is 5.15 Å². The van der Waals surface area contributed by atoms with E-state index in [1.54, 1.807) is 18.3 Å². The zero-order valence-corrected chi connectivity index (χ0v) is 13.6. The smallest absolute Gasteiger partial charge is 0.335 e. The van der Waals surface area contributed by atoms with Crippen LogP contribution in [0.5, 0.6) is 0 Å². The van der Waals surface area contributed by atoms with Gasteiger partial charge in [-0.05, 0) is 42.8 Å². The summed E-state index contributed by atoms with van der Waals surface area (Å²) in [5.41, 5.74) is 6.19. The Balaban J connectivity index is 1.83. The zero-order chi connectivity index (χ0) is 17.1. The molecule has 2 N–H and O–H groups in total. The highest BCUT2D eigenvalue weighted by Crippen LogP contribution is 2.20. The lowest BCUT2D eigenvalue weighted by atomic mass is 10.1. The molecule has 0 saturated heterocycles. The molecule has 1 aromatic heterocycles. The predicted molar refractivity (Wildman–Crippen MR) is 96.1 cm³/mol. The predicted octanol–water partition coefficient (Wildman–Crippen LogP) is 4.34. The van der Waals surface area contributed by atoms with Crippen molar-refractivity contribution in [3.63, 3.8) is 0 Å². The molecule has 0 aliphatic rings. The van der Waals surface area contributed by atoms with Crippen LogP contribution >= 0.6 is 11.6 Å². The molecule has 0 unspecified atom stereocenters. The Kier molecular flexibility index (Phi) is 4.44. The van der Waals surface area contributed by atoms with E-state index in [1.165, 1.54) is 12.1 Å². The maximum Gasteiger partial charge on any atom is 0.335 e. The molecule has 120 valence electrons. The Bertz CT molecular complexity index is 954. The van der Waals surface area contributed by atoms with Crippen LogP contribution in [-0.4, -0.2) is 22.3 Å². The fraction of sp³-hybridized carbons (Fsp3) is 0.0556. The number of nitrogens with one attached hydrogen (secondary N) is 1. The lowest BCUT2D eigenvalue weighted by molar-refractivity contribution is 0.0697. The number of aromatic nitrogens is 1. The molecule has 0 amide bonds. The van der Waals surface area contributed by atoms with Gasteiger partial charge in [0.15, 0.2) is 0 Å². The van der Waals surface area contributed by atoms with Crippen molar-refractivity contribution in [2.45, 2.75) is 6.92 Å². The van der Waals surface area contributed by atoms with Gasteiger partial charge in [-0.15, -0.1) is 0 Å².